The molecule has 1 heterocycles. The Labute approximate surface area is 107 Å². The van der Waals surface area contributed by atoms with Gasteiger partial charge >= 0.3 is 0 Å². The molecule has 0 amide bonds. The minimum absolute atomic E-state index is 0.363. The summed E-state index contributed by atoms with van der Waals surface area (Å²) in [5, 5.41) is 3.63. The highest BCUT2D eigenvalue weighted by Gasteiger charge is 2.23. The Morgan fingerprint density at radius 2 is 1.94 bits per heavy atom. The minimum Gasteiger partial charge on any atom is -0.380 e. The number of methoxy groups -OCH3 is 1. The van der Waals surface area contributed by atoms with Gasteiger partial charge in [-0.1, -0.05) is 6.92 Å². The van der Waals surface area contributed by atoms with Crippen LogP contribution in [0.15, 0.2) is 0 Å². The summed E-state index contributed by atoms with van der Waals surface area (Å²) in [7, 11) is 1.80. The van der Waals surface area contributed by atoms with Crippen LogP contribution in [-0.4, -0.2) is 50.3 Å². The number of ether oxygens (including phenoxy) is 1. The third-order valence-corrected chi connectivity index (χ3v) is 3.97. The van der Waals surface area contributed by atoms with E-state index >= 15 is 0 Å². The molecule has 2 unspecified atom stereocenters. The third kappa shape index (κ3) is 5.36. The summed E-state index contributed by atoms with van der Waals surface area (Å²) in [6.45, 7) is 11.4. The quantitative estimate of drug-likeness (QED) is 0.740. The molecule has 1 N–H and O–H groups in total. The minimum atomic E-state index is 0.363. The van der Waals surface area contributed by atoms with Gasteiger partial charge in [0, 0.05) is 19.7 Å². The summed E-state index contributed by atoms with van der Waals surface area (Å²) >= 11 is 0. The number of piperidine rings is 1. The van der Waals surface area contributed by atoms with Gasteiger partial charge in [-0.2, -0.15) is 0 Å². The van der Waals surface area contributed by atoms with Gasteiger partial charge in [0.1, 0.15) is 0 Å². The van der Waals surface area contributed by atoms with Gasteiger partial charge in [-0.25, -0.2) is 0 Å². The van der Waals surface area contributed by atoms with Crippen molar-refractivity contribution in [2.45, 2.75) is 52.2 Å². The predicted octanol–water partition coefficient (Wildman–Crippen LogP) is 2.12. The molecule has 0 aromatic rings. The first-order valence-electron chi connectivity index (χ1n) is 7.15. The smallest absolute Gasteiger partial charge is 0.0670 e. The number of hydrogen-bond donors (Lipinski definition) is 1. The van der Waals surface area contributed by atoms with E-state index in [9.17, 15) is 0 Å². The van der Waals surface area contributed by atoms with Crippen molar-refractivity contribution in [1.82, 2.24) is 10.2 Å². The first-order chi connectivity index (χ1) is 8.17. The fraction of sp³-hybridized carbons (Fsp3) is 1.00. The fourth-order valence-electron chi connectivity index (χ4n) is 2.61. The largest absolute Gasteiger partial charge is 0.380 e. The molecule has 1 fully saturated rings. The second-order valence-electron chi connectivity index (χ2n) is 5.43. The van der Waals surface area contributed by atoms with Gasteiger partial charge in [-0.15, -0.1) is 0 Å². The van der Waals surface area contributed by atoms with Crippen LogP contribution in [0.1, 0.15) is 40.0 Å². The lowest BCUT2D eigenvalue weighted by molar-refractivity contribution is 0.0595. The Hall–Kier alpha value is -0.120. The summed E-state index contributed by atoms with van der Waals surface area (Å²) in [6, 6.07) is 0.678. The van der Waals surface area contributed by atoms with E-state index in [-0.39, 0.29) is 0 Å². The molecule has 0 saturated carbocycles. The van der Waals surface area contributed by atoms with Crippen molar-refractivity contribution in [3.63, 3.8) is 0 Å². The molecule has 17 heavy (non-hydrogen) atoms. The maximum Gasteiger partial charge on any atom is 0.0670 e. The predicted molar refractivity (Wildman–Crippen MR) is 73.4 cm³/mol. The van der Waals surface area contributed by atoms with E-state index in [2.05, 4.69) is 31.0 Å². The summed E-state index contributed by atoms with van der Waals surface area (Å²) in [5.74, 6) is 0.857. The van der Waals surface area contributed by atoms with Crippen LogP contribution >= 0.6 is 0 Å². The van der Waals surface area contributed by atoms with Crippen LogP contribution in [0, 0.1) is 5.92 Å². The highest BCUT2D eigenvalue weighted by Crippen LogP contribution is 2.20. The van der Waals surface area contributed by atoms with Crippen molar-refractivity contribution in [2.24, 2.45) is 5.92 Å². The van der Waals surface area contributed by atoms with Crippen molar-refractivity contribution in [3.8, 4) is 0 Å². The van der Waals surface area contributed by atoms with Crippen LogP contribution in [0.3, 0.4) is 0 Å². The molecule has 3 heteroatoms. The average molecular weight is 242 g/mol. The molecule has 1 rings (SSSR count). The molecular formula is C14H30N2O. The molecule has 3 nitrogen and oxygen atoms in total. The van der Waals surface area contributed by atoms with E-state index in [4.69, 9.17) is 4.74 Å². The molecule has 1 aliphatic heterocycles. The standard InChI is InChI=1S/C14H30N2O/c1-5-8-15-13(3)14-6-9-16(10-7-14)11-12(2)17-4/h12-15H,5-11H2,1-4H3. The molecule has 2 atom stereocenters. The van der Waals surface area contributed by atoms with Gasteiger partial charge in [0.05, 0.1) is 6.10 Å². The van der Waals surface area contributed by atoms with Crippen molar-refractivity contribution in [2.75, 3.05) is 33.3 Å². The zero-order valence-corrected chi connectivity index (χ0v) is 12.0. The molecule has 1 aliphatic rings. The van der Waals surface area contributed by atoms with Crippen molar-refractivity contribution < 1.29 is 4.74 Å². The van der Waals surface area contributed by atoms with Crippen molar-refractivity contribution in [1.29, 1.82) is 0 Å². The molecule has 1 saturated heterocycles. The number of nitrogens with zero attached hydrogens (tertiary/aromatic N) is 1. The Bertz CT molecular complexity index is 191. The molecule has 0 aromatic heterocycles. The van der Waals surface area contributed by atoms with Crippen molar-refractivity contribution >= 4 is 0 Å². The number of nitrogens with one attached hydrogen (secondary N) is 1. The van der Waals surface area contributed by atoms with E-state index in [1.165, 1.54) is 32.4 Å². The number of rotatable bonds is 7. The first-order valence-corrected chi connectivity index (χ1v) is 7.15. The fourth-order valence-corrected chi connectivity index (χ4v) is 2.61. The lowest BCUT2D eigenvalue weighted by atomic mass is 9.90. The first kappa shape index (κ1) is 14.9. The lowest BCUT2D eigenvalue weighted by Crippen LogP contribution is -2.44. The van der Waals surface area contributed by atoms with Crippen LogP contribution in [0.2, 0.25) is 0 Å². The zero-order valence-electron chi connectivity index (χ0n) is 12.0. The van der Waals surface area contributed by atoms with Gasteiger partial charge in [-0.3, -0.25) is 0 Å². The SMILES string of the molecule is CCCNC(C)C1CCN(CC(C)OC)CC1. The molecular weight excluding hydrogens is 212 g/mol. The summed E-state index contributed by atoms with van der Waals surface area (Å²) in [6.07, 6.45) is 4.25. The van der Waals surface area contributed by atoms with E-state index in [1.54, 1.807) is 7.11 Å². The highest BCUT2D eigenvalue weighted by molar-refractivity contribution is 4.80. The number of hydrogen-bond acceptors (Lipinski definition) is 3. The van der Waals surface area contributed by atoms with Gasteiger partial charge in [0.2, 0.25) is 0 Å². The van der Waals surface area contributed by atoms with Gasteiger partial charge in [0.25, 0.3) is 0 Å². The van der Waals surface area contributed by atoms with Crippen LogP contribution < -0.4 is 5.32 Å². The summed E-state index contributed by atoms with van der Waals surface area (Å²) in [5.41, 5.74) is 0. The van der Waals surface area contributed by atoms with Crippen LogP contribution in [0.25, 0.3) is 0 Å². The van der Waals surface area contributed by atoms with E-state index in [1.807, 2.05) is 0 Å². The van der Waals surface area contributed by atoms with Gasteiger partial charge in [-0.05, 0) is 58.7 Å². The van der Waals surface area contributed by atoms with E-state index < -0.39 is 0 Å². The molecule has 0 radical (unpaired) electrons. The topological polar surface area (TPSA) is 24.5 Å². The number of likely N-dealkylation sites (tertiary alicyclic amines) is 1. The second-order valence-corrected chi connectivity index (χ2v) is 5.43. The van der Waals surface area contributed by atoms with Crippen LogP contribution in [0.4, 0.5) is 0 Å². The molecule has 0 bridgehead atoms. The second kappa shape index (κ2) is 8.06. The molecule has 0 spiro atoms. The summed E-state index contributed by atoms with van der Waals surface area (Å²) < 4.78 is 5.33. The normalized spacial score (nSPS) is 22.6. The Kier molecular flexibility index (Phi) is 7.09. The average Bonchev–Trinajstić information content (AvgIpc) is 2.36. The van der Waals surface area contributed by atoms with Gasteiger partial charge < -0.3 is 15.0 Å². The monoisotopic (exact) mass is 242 g/mol. The summed E-state index contributed by atoms with van der Waals surface area (Å²) in [4.78, 5) is 2.54. The molecule has 0 aliphatic carbocycles. The maximum atomic E-state index is 5.33. The molecule has 0 aromatic carbocycles. The van der Waals surface area contributed by atoms with E-state index in [0.717, 1.165) is 19.0 Å². The lowest BCUT2D eigenvalue weighted by Gasteiger charge is -2.36. The Morgan fingerprint density at radius 1 is 1.29 bits per heavy atom. The maximum absolute atomic E-state index is 5.33. The van der Waals surface area contributed by atoms with Crippen molar-refractivity contribution in [3.05, 3.63) is 0 Å². The Morgan fingerprint density at radius 3 is 2.47 bits per heavy atom. The van der Waals surface area contributed by atoms with Gasteiger partial charge in [0.15, 0.2) is 0 Å². The van der Waals surface area contributed by atoms with E-state index in [0.29, 0.717) is 12.1 Å². The third-order valence-electron chi connectivity index (χ3n) is 3.97. The van der Waals surface area contributed by atoms with Crippen LogP contribution in [0.5, 0.6) is 0 Å². The zero-order chi connectivity index (χ0) is 12.7. The van der Waals surface area contributed by atoms with Crippen LogP contribution in [-0.2, 0) is 4.74 Å². The Balaban J connectivity index is 2.20. The molecule has 102 valence electrons. The highest BCUT2D eigenvalue weighted by atomic mass is 16.5.